The first-order chi connectivity index (χ1) is 20.2. The summed E-state index contributed by atoms with van der Waals surface area (Å²) < 4.78 is 24.2. The van der Waals surface area contributed by atoms with E-state index in [9.17, 15) is 19.5 Å². The largest absolute Gasteiger partial charge is 0.497 e. The van der Waals surface area contributed by atoms with Crippen LogP contribution in [0.1, 0.15) is 47.1 Å². The van der Waals surface area contributed by atoms with E-state index in [-0.39, 0.29) is 23.3 Å². The van der Waals surface area contributed by atoms with Gasteiger partial charge in [-0.15, -0.1) is 0 Å². The van der Waals surface area contributed by atoms with E-state index in [0.717, 1.165) is 11.1 Å². The summed E-state index contributed by atoms with van der Waals surface area (Å²) >= 11 is 1.17. The van der Waals surface area contributed by atoms with Crippen LogP contribution in [0.3, 0.4) is 0 Å². The normalized spacial score (nSPS) is 14.8. The number of carbonyl (C=O) groups is 2. The van der Waals surface area contributed by atoms with Gasteiger partial charge in [0, 0.05) is 23.3 Å². The highest BCUT2D eigenvalue weighted by molar-refractivity contribution is 7.07. The van der Waals surface area contributed by atoms with Crippen LogP contribution in [0.25, 0.3) is 17.4 Å². The highest BCUT2D eigenvalue weighted by Crippen LogP contribution is 2.37. The maximum atomic E-state index is 13.9. The zero-order chi connectivity index (χ0) is 30.1. The Morgan fingerprint density at radius 3 is 2.55 bits per heavy atom. The van der Waals surface area contributed by atoms with Crippen molar-refractivity contribution >= 4 is 29.4 Å². The summed E-state index contributed by atoms with van der Waals surface area (Å²) in [6.45, 7) is 5.39. The van der Waals surface area contributed by atoms with Gasteiger partial charge in [-0.3, -0.25) is 9.36 Å². The van der Waals surface area contributed by atoms with E-state index in [0.29, 0.717) is 43.6 Å². The highest BCUT2D eigenvalue weighted by atomic mass is 32.1. The number of aryl methyl sites for hydroxylation is 1. The third kappa shape index (κ3) is 5.14. The molecule has 1 N–H and O–H groups in total. The number of fused-ring (bicyclic) bond motifs is 1. The smallest absolute Gasteiger partial charge is 0.338 e. The minimum absolute atomic E-state index is 0.159. The van der Waals surface area contributed by atoms with E-state index in [1.807, 2.05) is 0 Å². The van der Waals surface area contributed by atoms with Gasteiger partial charge in [-0.1, -0.05) is 17.4 Å². The number of furan rings is 1. The van der Waals surface area contributed by atoms with Gasteiger partial charge in [-0.25, -0.2) is 14.6 Å². The first-order valence-electron chi connectivity index (χ1n) is 13.0. The second kappa shape index (κ2) is 11.5. The zero-order valence-electron chi connectivity index (χ0n) is 23.6. The lowest BCUT2D eigenvalue weighted by Crippen LogP contribution is -2.40. The number of hydrogen-bond acceptors (Lipinski definition) is 9. The van der Waals surface area contributed by atoms with Crippen LogP contribution in [0.4, 0.5) is 0 Å². The summed E-state index contributed by atoms with van der Waals surface area (Å²) in [7, 11) is 3.05. The third-order valence-corrected chi connectivity index (χ3v) is 7.87. The Hall–Kier alpha value is -4.90. The van der Waals surface area contributed by atoms with Crippen LogP contribution in [-0.2, 0) is 9.53 Å². The Labute approximate surface area is 244 Å². The number of carboxylic acids is 1. The molecule has 4 aromatic rings. The SMILES string of the molecule is CCOC(=O)C1=C(C)N=c2s/c(=C\c3ccc(-c4ccc(C(=O)O)cc4C)o3)c(=O)n2[C@@H]1c1ccc(OC)cc1OC. The van der Waals surface area contributed by atoms with Gasteiger partial charge in [0.2, 0.25) is 0 Å². The van der Waals surface area contributed by atoms with Crippen molar-refractivity contribution in [3.05, 3.63) is 102 Å². The van der Waals surface area contributed by atoms with Gasteiger partial charge >= 0.3 is 11.9 Å². The molecule has 0 unspecified atom stereocenters. The van der Waals surface area contributed by atoms with Crippen molar-refractivity contribution in [3.8, 4) is 22.8 Å². The lowest BCUT2D eigenvalue weighted by Gasteiger charge is -2.26. The summed E-state index contributed by atoms with van der Waals surface area (Å²) in [5.74, 6) is 0.373. The average molecular weight is 589 g/mol. The van der Waals surface area contributed by atoms with E-state index in [1.165, 1.54) is 36.2 Å². The summed E-state index contributed by atoms with van der Waals surface area (Å²) in [5, 5.41) is 9.26. The molecule has 0 amide bonds. The van der Waals surface area contributed by atoms with Gasteiger partial charge < -0.3 is 23.7 Å². The second-order valence-corrected chi connectivity index (χ2v) is 10.5. The molecular weight excluding hydrogens is 560 g/mol. The molecular formula is C31H28N2O8S. The first kappa shape index (κ1) is 28.6. The predicted molar refractivity (Wildman–Crippen MR) is 156 cm³/mol. The van der Waals surface area contributed by atoms with Crippen molar-refractivity contribution in [2.45, 2.75) is 26.8 Å². The Bertz CT molecular complexity index is 1930. The van der Waals surface area contributed by atoms with E-state index >= 15 is 0 Å². The van der Waals surface area contributed by atoms with Gasteiger partial charge in [0.1, 0.15) is 29.1 Å². The molecule has 1 atom stereocenters. The van der Waals surface area contributed by atoms with Gasteiger partial charge in [0.15, 0.2) is 4.80 Å². The molecule has 3 heterocycles. The molecule has 0 saturated heterocycles. The fraction of sp³-hybridized carbons (Fsp3) is 0.226. The van der Waals surface area contributed by atoms with E-state index < -0.39 is 18.0 Å². The minimum atomic E-state index is -1.01. The summed E-state index contributed by atoms with van der Waals surface area (Å²) in [6, 6.07) is 12.6. The zero-order valence-corrected chi connectivity index (χ0v) is 24.4. The number of esters is 1. The van der Waals surface area contributed by atoms with Crippen molar-refractivity contribution in [1.82, 2.24) is 4.57 Å². The number of nitrogens with zero attached hydrogens (tertiary/aromatic N) is 2. The molecule has 0 fully saturated rings. The first-order valence-corrected chi connectivity index (χ1v) is 13.8. The topological polar surface area (TPSA) is 130 Å². The Morgan fingerprint density at radius 1 is 1.10 bits per heavy atom. The molecule has 216 valence electrons. The Kier molecular flexibility index (Phi) is 7.86. The van der Waals surface area contributed by atoms with Crippen molar-refractivity contribution in [2.75, 3.05) is 20.8 Å². The van der Waals surface area contributed by atoms with E-state index in [2.05, 4.69) is 4.99 Å². The maximum absolute atomic E-state index is 13.9. The van der Waals surface area contributed by atoms with Crippen LogP contribution < -0.4 is 24.4 Å². The minimum Gasteiger partial charge on any atom is -0.497 e. The quantitative estimate of drug-likeness (QED) is 0.305. The summed E-state index contributed by atoms with van der Waals surface area (Å²) in [6.07, 6.45) is 1.62. The lowest BCUT2D eigenvalue weighted by molar-refractivity contribution is -0.139. The molecule has 0 bridgehead atoms. The average Bonchev–Trinajstić information content (AvgIpc) is 3.55. The molecule has 0 aliphatic carbocycles. The summed E-state index contributed by atoms with van der Waals surface area (Å²) in [4.78, 5) is 43.4. The third-order valence-electron chi connectivity index (χ3n) is 6.89. The molecule has 42 heavy (non-hydrogen) atoms. The van der Waals surface area contributed by atoms with Crippen LogP contribution in [0, 0.1) is 6.92 Å². The molecule has 5 rings (SSSR count). The molecule has 0 saturated carbocycles. The molecule has 2 aromatic heterocycles. The Morgan fingerprint density at radius 2 is 1.88 bits per heavy atom. The highest BCUT2D eigenvalue weighted by Gasteiger charge is 2.35. The van der Waals surface area contributed by atoms with Crippen LogP contribution in [-0.4, -0.2) is 42.4 Å². The number of benzene rings is 2. The second-order valence-electron chi connectivity index (χ2n) is 9.45. The van der Waals surface area contributed by atoms with Crippen molar-refractivity contribution < 1.29 is 33.3 Å². The molecule has 1 aliphatic rings. The monoisotopic (exact) mass is 588 g/mol. The number of carboxylic acid groups (broad SMARTS) is 1. The molecule has 0 spiro atoms. The van der Waals surface area contributed by atoms with E-state index in [1.54, 1.807) is 69.3 Å². The van der Waals surface area contributed by atoms with Gasteiger partial charge in [-0.05, 0) is 62.7 Å². The molecule has 1 aliphatic heterocycles. The van der Waals surface area contributed by atoms with Crippen LogP contribution in [0.2, 0.25) is 0 Å². The lowest BCUT2D eigenvalue weighted by atomic mass is 9.95. The van der Waals surface area contributed by atoms with Crippen molar-refractivity contribution in [3.63, 3.8) is 0 Å². The number of rotatable bonds is 8. The number of carbonyl (C=O) groups excluding carboxylic acids is 1. The van der Waals surface area contributed by atoms with Crippen molar-refractivity contribution in [1.29, 1.82) is 0 Å². The molecule has 10 nitrogen and oxygen atoms in total. The Balaban J connectivity index is 1.64. The number of hydrogen-bond donors (Lipinski definition) is 1. The standard InChI is InChI=1S/C31H28N2O8S/c1-6-40-30(37)26-17(3)32-31-33(27(26)22-11-8-19(38-4)14-24(22)39-5)28(34)25(42-31)15-20-9-12-23(41-20)21-10-7-18(29(35)36)13-16(21)2/h7-15,27H,6H2,1-5H3,(H,35,36)/b25-15-/t27-/m1/s1. The van der Waals surface area contributed by atoms with E-state index in [4.69, 9.17) is 18.6 Å². The summed E-state index contributed by atoms with van der Waals surface area (Å²) in [5.41, 5.74) is 2.54. The van der Waals surface area contributed by atoms with Gasteiger partial charge in [0.25, 0.3) is 5.56 Å². The number of methoxy groups -OCH3 is 2. The fourth-order valence-electron chi connectivity index (χ4n) is 4.91. The molecule has 11 heteroatoms. The number of ether oxygens (including phenoxy) is 3. The van der Waals surface area contributed by atoms with Crippen molar-refractivity contribution in [2.24, 2.45) is 4.99 Å². The fourth-order valence-corrected chi connectivity index (χ4v) is 5.93. The van der Waals surface area contributed by atoms with Crippen LogP contribution >= 0.6 is 11.3 Å². The number of aromatic nitrogens is 1. The number of aromatic carboxylic acids is 1. The van der Waals surface area contributed by atoms with Crippen LogP contribution in [0.5, 0.6) is 11.5 Å². The molecule has 0 radical (unpaired) electrons. The molecule has 2 aromatic carbocycles. The maximum Gasteiger partial charge on any atom is 0.338 e. The number of thiazole rings is 1. The van der Waals surface area contributed by atoms with Crippen LogP contribution in [0.15, 0.2) is 74.0 Å². The van der Waals surface area contributed by atoms with Gasteiger partial charge in [0.05, 0.1) is 42.2 Å². The predicted octanol–water partition coefficient (Wildman–Crippen LogP) is 4.08. The number of allylic oxidation sites excluding steroid dienone is 1. The van der Waals surface area contributed by atoms with Gasteiger partial charge in [-0.2, -0.15) is 0 Å².